The summed E-state index contributed by atoms with van der Waals surface area (Å²) in [7, 11) is 0. The van der Waals surface area contributed by atoms with E-state index in [4.69, 9.17) is 4.42 Å². The minimum Gasteiger partial charge on any atom is -0.417 e. The minimum atomic E-state index is -0.611. The van der Waals surface area contributed by atoms with Crippen LogP contribution in [-0.4, -0.2) is 23.4 Å². The zero-order valence-corrected chi connectivity index (χ0v) is 11.8. The van der Waals surface area contributed by atoms with E-state index in [9.17, 15) is 14.0 Å². The maximum absolute atomic E-state index is 13.3. The van der Waals surface area contributed by atoms with Gasteiger partial charge in [-0.05, 0) is 55.8 Å². The van der Waals surface area contributed by atoms with Crippen molar-refractivity contribution < 1.29 is 13.6 Å². The summed E-state index contributed by atoms with van der Waals surface area (Å²) in [4.78, 5) is 26.1. The monoisotopic (exact) mass is 289 g/mol. The van der Waals surface area contributed by atoms with E-state index < -0.39 is 11.4 Å². The van der Waals surface area contributed by atoms with Crippen LogP contribution >= 0.6 is 0 Å². The van der Waals surface area contributed by atoms with Crippen LogP contribution in [0.2, 0.25) is 0 Å². The predicted octanol–water partition coefficient (Wildman–Crippen LogP) is 2.95. The molecular weight excluding hydrogens is 273 g/mol. The summed E-state index contributed by atoms with van der Waals surface area (Å²) in [6.45, 7) is 2.64. The number of amides is 1. The Labute approximate surface area is 121 Å². The van der Waals surface area contributed by atoms with Gasteiger partial charge in [-0.25, -0.2) is 9.18 Å². The first kappa shape index (κ1) is 13.8. The van der Waals surface area contributed by atoms with Gasteiger partial charge >= 0.3 is 5.63 Å². The number of fused-ring (bicyclic) bond motifs is 1. The zero-order chi connectivity index (χ0) is 15.0. The Kier molecular flexibility index (Phi) is 3.49. The summed E-state index contributed by atoms with van der Waals surface area (Å²) >= 11 is 0. The molecule has 1 fully saturated rings. The molecule has 0 spiro atoms. The van der Waals surface area contributed by atoms with Crippen LogP contribution in [0.4, 0.5) is 4.39 Å². The molecule has 0 aliphatic carbocycles. The highest BCUT2D eigenvalue weighted by Gasteiger charge is 2.26. The van der Waals surface area contributed by atoms with E-state index >= 15 is 0 Å². The highest BCUT2D eigenvalue weighted by Crippen LogP contribution is 2.20. The fraction of sp³-hybridized carbons (Fsp3) is 0.375. The van der Waals surface area contributed by atoms with Crippen LogP contribution in [0.15, 0.2) is 33.5 Å². The number of nitrogens with zero attached hydrogens (tertiary/aromatic N) is 1. The van der Waals surface area contributed by atoms with Gasteiger partial charge in [-0.1, -0.05) is 0 Å². The molecular formula is C16H16FNO3. The van der Waals surface area contributed by atoms with Gasteiger partial charge in [0.25, 0.3) is 5.91 Å². The fourth-order valence-electron chi connectivity index (χ4n) is 2.81. The average molecular weight is 289 g/mol. The molecule has 1 aromatic heterocycles. The van der Waals surface area contributed by atoms with Gasteiger partial charge in [-0.15, -0.1) is 0 Å². The van der Waals surface area contributed by atoms with Crippen LogP contribution in [0.5, 0.6) is 0 Å². The second-order valence-corrected chi connectivity index (χ2v) is 5.47. The normalized spacial score (nSPS) is 19.0. The van der Waals surface area contributed by atoms with Crippen molar-refractivity contribution in [3.63, 3.8) is 0 Å². The number of carbonyl (C=O) groups is 1. The summed E-state index contributed by atoms with van der Waals surface area (Å²) in [5.41, 5.74) is -0.611. The molecule has 1 aliphatic rings. The molecule has 110 valence electrons. The third-order valence-electron chi connectivity index (χ3n) is 4.00. The van der Waals surface area contributed by atoms with Gasteiger partial charge in [0.2, 0.25) is 0 Å². The Morgan fingerprint density at radius 3 is 2.90 bits per heavy atom. The van der Waals surface area contributed by atoms with Gasteiger partial charge in [0.15, 0.2) is 5.76 Å². The second kappa shape index (κ2) is 5.31. The number of rotatable bonds is 1. The Morgan fingerprint density at radius 1 is 1.33 bits per heavy atom. The lowest BCUT2D eigenvalue weighted by Crippen LogP contribution is -2.42. The van der Waals surface area contributed by atoms with E-state index in [1.54, 1.807) is 4.90 Å². The van der Waals surface area contributed by atoms with Crippen molar-refractivity contribution >= 4 is 16.7 Å². The van der Waals surface area contributed by atoms with E-state index in [-0.39, 0.29) is 23.1 Å². The summed E-state index contributed by atoms with van der Waals surface area (Å²) in [6, 6.07) is 5.38. The fourth-order valence-corrected chi connectivity index (χ4v) is 2.81. The molecule has 5 heteroatoms. The van der Waals surface area contributed by atoms with Crippen molar-refractivity contribution in [3.8, 4) is 0 Å². The maximum atomic E-state index is 13.3. The van der Waals surface area contributed by atoms with Crippen molar-refractivity contribution in [2.24, 2.45) is 0 Å². The molecule has 1 amide bonds. The van der Waals surface area contributed by atoms with Crippen molar-refractivity contribution in [1.82, 2.24) is 4.90 Å². The maximum Gasteiger partial charge on any atom is 0.344 e. The molecule has 0 N–H and O–H groups in total. The predicted molar refractivity (Wildman–Crippen MR) is 76.8 cm³/mol. The quantitative estimate of drug-likeness (QED) is 0.811. The molecule has 0 radical (unpaired) electrons. The van der Waals surface area contributed by atoms with Gasteiger partial charge in [0.1, 0.15) is 5.82 Å². The number of likely N-dealkylation sites (tertiary alicyclic amines) is 1. The lowest BCUT2D eigenvalue weighted by molar-refractivity contribution is 0.0598. The molecule has 2 aromatic rings. The highest BCUT2D eigenvalue weighted by molar-refractivity contribution is 5.95. The lowest BCUT2D eigenvalue weighted by atomic mass is 10.0. The van der Waals surface area contributed by atoms with E-state index in [1.807, 2.05) is 6.92 Å². The van der Waals surface area contributed by atoms with E-state index in [0.29, 0.717) is 11.9 Å². The Bertz CT molecular complexity index is 753. The summed E-state index contributed by atoms with van der Waals surface area (Å²) < 4.78 is 18.4. The molecule has 21 heavy (non-hydrogen) atoms. The molecule has 0 saturated carbocycles. The van der Waals surface area contributed by atoms with E-state index in [0.717, 1.165) is 19.3 Å². The van der Waals surface area contributed by atoms with Crippen LogP contribution in [0, 0.1) is 5.82 Å². The highest BCUT2D eigenvalue weighted by atomic mass is 19.1. The third-order valence-corrected chi connectivity index (χ3v) is 4.00. The van der Waals surface area contributed by atoms with Gasteiger partial charge < -0.3 is 9.32 Å². The second-order valence-electron chi connectivity index (χ2n) is 5.47. The number of halogens is 1. The van der Waals surface area contributed by atoms with Crippen LogP contribution in [-0.2, 0) is 0 Å². The van der Waals surface area contributed by atoms with Crippen molar-refractivity contribution in [2.45, 2.75) is 32.2 Å². The lowest BCUT2D eigenvalue weighted by Gasteiger charge is -2.32. The Morgan fingerprint density at radius 2 is 2.14 bits per heavy atom. The topological polar surface area (TPSA) is 50.5 Å². The average Bonchev–Trinajstić information content (AvgIpc) is 2.46. The summed E-state index contributed by atoms with van der Waals surface area (Å²) in [5.74, 6) is -0.768. The first-order chi connectivity index (χ1) is 10.1. The van der Waals surface area contributed by atoms with Crippen LogP contribution < -0.4 is 5.63 Å². The number of hydrogen-bond acceptors (Lipinski definition) is 3. The number of hydrogen-bond donors (Lipinski definition) is 0. The van der Waals surface area contributed by atoms with Crippen molar-refractivity contribution in [1.29, 1.82) is 0 Å². The van der Waals surface area contributed by atoms with Crippen molar-refractivity contribution in [2.75, 3.05) is 6.54 Å². The minimum absolute atomic E-state index is 0.0214. The molecule has 1 atom stereocenters. The number of carbonyl (C=O) groups excluding carboxylic acids is 1. The van der Waals surface area contributed by atoms with Crippen LogP contribution in [0.25, 0.3) is 10.8 Å². The molecule has 1 unspecified atom stereocenters. The molecule has 2 heterocycles. The van der Waals surface area contributed by atoms with Gasteiger partial charge in [-0.3, -0.25) is 4.79 Å². The molecule has 3 rings (SSSR count). The SMILES string of the molecule is CC1CCCCN1C(=O)c1cc2cc(F)ccc2c(=O)o1. The molecule has 4 nitrogen and oxygen atoms in total. The Hall–Kier alpha value is -2.17. The summed E-state index contributed by atoms with van der Waals surface area (Å²) in [6.07, 6.45) is 2.98. The number of benzene rings is 1. The largest absolute Gasteiger partial charge is 0.417 e. The molecule has 1 aromatic carbocycles. The van der Waals surface area contributed by atoms with Crippen molar-refractivity contribution in [3.05, 3.63) is 46.3 Å². The first-order valence-corrected chi connectivity index (χ1v) is 7.10. The van der Waals surface area contributed by atoms with Gasteiger partial charge in [0, 0.05) is 12.6 Å². The van der Waals surface area contributed by atoms with E-state index in [2.05, 4.69) is 0 Å². The number of piperidine rings is 1. The van der Waals surface area contributed by atoms with E-state index in [1.165, 1.54) is 24.3 Å². The van der Waals surface area contributed by atoms with Gasteiger partial charge in [-0.2, -0.15) is 0 Å². The molecule has 1 saturated heterocycles. The van der Waals surface area contributed by atoms with Crippen LogP contribution in [0.1, 0.15) is 36.7 Å². The summed E-state index contributed by atoms with van der Waals surface area (Å²) in [5, 5.41) is 0.666. The van der Waals surface area contributed by atoms with Gasteiger partial charge in [0.05, 0.1) is 5.39 Å². The Balaban J connectivity index is 2.04. The smallest absolute Gasteiger partial charge is 0.344 e. The molecule has 0 bridgehead atoms. The zero-order valence-electron chi connectivity index (χ0n) is 11.8. The third kappa shape index (κ3) is 2.55. The standard InChI is InChI=1S/C16H16FNO3/c1-10-4-2-3-7-18(10)15(19)14-9-11-8-12(17)5-6-13(11)16(20)21-14/h5-6,8-10H,2-4,7H2,1H3. The van der Waals surface area contributed by atoms with Crippen LogP contribution in [0.3, 0.4) is 0 Å². The molecule has 1 aliphatic heterocycles. The first-order valence-electron chi connectivity index (χ1n) is 7.10.